The van der Waals surface area contributed by atoms with Gasteiger partial charge in [-0.15, -0.1) is 0 Å². The zero-order valence-electron chi connectivity index (χ0n) is 21.0. The van der Waals surface area contributed by atoms with E-state index in [0.29, 0.717) is 5.69 Å². The highest BCUT2D eigenvalue weighted by Gasteiger charge is 2.32. The number of carboxylic acid groups (broad SMARTS) is 1. The van der Waals surface area contributed by atoms with E-state index < -0.39 is 47.9 Å². The lowest BCUT2D eigenvalue weighted by Gasteiger charge is -2.27. The van der Waals surface area contributed by atoms with E-state index in [1.807, 2.05) is 6.07 Å². The van der Waals surface area contributed by atoms with Gasteiger partial charge in [0.25, 0.3) is 0 Å². The van der Waals surface area contributed by atoms with Gasteiger partial charge in [-0.05, 0) is 17.4 Å². The van der Waals surface area contributed by atoms with Gasteiger partial charge >= 0.3 is 5.97 Å². The average Bonchev–Trinajstić information content (AvgIpc) is 3.34. The molecule has 0 aliphatic carbocycles. The molecule has 0 aliphatic heterocycles. The molecule has 196 valence electrons. The molecule has 0 saturated heterocycles. The maximum atomic E-state index is 13.2. The molecule has 0 spiro atoms. The summed E-state index contributed by atoms with van der Waals surface area (Å²) in [7, 11) is 0. The monoisotopic (exact) mass is 500 g/mol. The van der Waals surface area contributed by atoms with Crippen molar-refractivity contribution in [2.45, 2.75) is 64.7 Å². The lowest BCUT2D eigenvalue weighted by atomic mass is 9.99. The molecule has 11 heteroatoms. The van der Waals surface area contributed by atoms with Gasteiger partial charge in [0, 0.05) is 24.7 Å². The van der Waals surface area contributed by atoms with Crippen molar-refractivity contribution in [1.82, 2.24) is 25.9 Å². The number of carboxylic acids is 1. The van der Waals surface area contributed by atoms with Crippen LogP contribution >= 0.6 is 0 Å². The summed E-state index contributed by atoms with van der Waals surface area (Å²) >= 11 is 0. The van der Waals surface area contributed by atoms with Crippen LogP contribution in [-0.2, 0) is 32.0 Å². The number of hydrogen-bond donors (Lipinski definition) is 6. The lowest BCUT2D eigenvalue weighted by Crippen LogP contribution is -2.59. The predicted octanol–water partition coefficient (Wildman–Crippen LogP) is 0.373. The van der Waals surface area contributed by atoms with Crippen LogP contribution < -0.4 is 21.7 Å². The summed E-state index contributed by atoms with van der Waals surface area (Å²) in [6.07, 6.45) is 3.06. The van der Waals surface area contributed by atoms with Crippen molar-refractivity contribution in [3.63, 3.8) is 0 Å². The van der Waals surface area contributed by atoms with Gasteiger partial charge in [0.2, 0.25) is 17.7 Å². The Balaban J connectivity index is 2.20. The number of rotatable bonds is 13. The second kappa shape index (κ2) is 13.4. The Hall–Kier alpha value is -3.73. The Kier molecular flexibility index (Phi) is 10.6. The Morgan fingerprint density at radius 3 is 2.06 bits per heavy atom. The van der Waals surface area contributed by atoms with Gasteiger partial charge in [0.05, 0.1) is 12.4 Å². The average molecular weight is 501 g/mol. The smallest absolute Gasteiger partial charge is 0.326 e. The highest BCUT2D eigenvalue weighted by Crippen LogP contribution is 2.08. The number of aromatic amines is 1. The first kappa shape index (κ1) is 28.5. The van der Waals surface area contributed by atoms with Crippen molar-refractivity contribution < 1.29 is 24.3 Å². The minimum absolute atomic E-state index is 0.0412. The zero-order chi connectivity index (χ0) is 26.8. The van der Waals surface area contributed by atoms with E-state index in [9.17, 15) is 24.3 Å². The van der Waals surface area contributed by atoms with Gasteiger partial charge in [-0.3, -0.25) is 14.4 Å². The van der Waals surface area contributed by atoms with Crippen LogP contribution in [0.2, 0.25) is 0 Å². The number of imidazole rings is 1. The molecule has 2 aromatic rings. The fourth-order valence-electron chi connectivity index (χ4n) is 3.50. The molecular weight excluding hydrogens is 464 g/mol. The Morgan fingerprint density at radius 1 is 0.889 bits per heavy atom. The van der Waals surface area contributed by atoms with E-state index in [1.54, 1.807) is 52.0 Å². The molecule has 4 unspecified atom stereocenters. The predicted molar refractivity (Wildman–Crippen MR) is 134 cm³/mol. The number of nitrogens with zero attached hydrogens (tertiary/aromatic N) is 1. The van der Waals surface area contributed by atoms with E-state index in [1.165, 1.54) is 12.5 Å². The number of benzene rings is 1. The van der Waals surface area contributed by atoms with Crippen molar-refractivity contribution >= 4 is 23.7 Å². The van der Waals surface area contributed by atoms with E-state index in [4.69, 9.17) is 5.73 Å². The van der Waals surface area contributed by atoms with Gasteiger partial charge in [-0.1, -0.05) is 58.0 Å². The van der Waals surface area contributed by atoms with Crippen molar-refractivity contribution in [3.8, 4) is 0 Å². The minimum Gasteiger partial charge on any atom is -0.480 e. The third kappa shape index (κ3) is 8.49. The number of nitrogens with one attached hydrogen (secondary N) is 4. The molecular formula is C25H36N6O5. The molecule has 1 heterocycles. The number of carbonyl (C=O) groups is 4. The number of carbonyl (C=O) groups excluding carboxylic acids is 3. The molecule has 0 aliphatic rings. The minimum atomic E-state index is -1.20. The lowest BCUT2D eigenvalue weighted by molar-refractivity contribution is -0.142. The molecule has 2 rings (SSSR count). The second-order valence-electron chi connectivity index (χ2n) is 9.43. The summed E-state index contributed by atoms with van der Waals surface area (Å²) < 4.78 is 0. The molecule has 7 N–H and O–H groups in total. The molecule has 3 amide bonds. The third-order valence-electron chi connectivity index (χ3n) is 5.78. The summed E-state index contributed by atoms with van der Waals surface area (Å²) in [5.41, 5.74) is 7.23. The molecule has 1 aromatic heterocycles. The largest absolute Gasteiger partial charge is 0.480 e. The Bertz CT molecular complexity index is 1010. The maximum absolute atomic E-state index is 13.2. The topological polar surface area (TPSA) is 179 Å². The van der Waals surface area contributed by atoms with Gasteiger partial charge in [0.15, 0.2) is 0 Å². The summed E-state index contributed by atoms with van der Waals surface area (Å²) in [6, 6.07) is 4.85. The molecule has 0 fully saturated rings. The maximum Gasteiger partial charge on any atom is 0.326 e. The van der Waals surface area contributed by atoms with Crippen LogP contribution in [0, 0.1) is 11.8 Å². The fourth-order valence-corrected chi connectivity index (χ4v) is 3.50. The Labute approximate surface area is 210 Å². The number of hydrogen-bond acceptors (Lipinski definition) is 6. The normalized spacial score (nSPS) is 14.5. The van der Waals surface area contributed by atoms with Crippen LogP contribution in [-0.4, -0.2) is 62.9 Å². The first-order valence-electron chi connectivity index (χ1n) is 11.9. The SMILES string of the molecule is CC(C)C(N)C(=O)NC(C(=O)NC(Cc1cnc[nH]1)C(=O)NC(Cc1ccccc1)C(=O)O)C(C)C. The summed E-state index contributed by atoms with van der Waals surface area (Å²) in [6.45, 7) is 7.12. The van der Waals surface area contributed by atoms with Crippen LogP contribution in [0.3, 0.4) is 0 Å². The third-order valence-corrected chi connectivity index (χ3v) is 5.78. The van der Waals surface area contributed by atoms with Gasteiger partial charge in [-0.25, -0.2) is 9.78 Å². The van der Waals surface area contributed by atoms with Gasteiger partial charge in [0.1, 0.15) is 18.1 Å². The van der Waals surface area contributed by atoms with Gasteiger partial charge in [-0.2, -0.15) is 0 Å². The van der Waals surface area contributed by atoms with Crippen molar-refractivity contribution in [3.05, 3.63) is 54.1 Å². The van der Waals surface area contributed by atoms with Crippen LogP contribution in [0.15, 0.2) is 42.9 Å². The fraction of sp³-hybridized carbons (Fsp3) is 0.480. The molecule has 0 radical (unpaired) electrons. The van der Waals surface area contributed by atoms with Crippen molar-refractivity contribution in [2.75, 3.05) is 0 Å². The number of H-pyrrole nitrogens is 1. The molecule has 0 saturated carbocycles. The van der Waals surface area contributed by atoms with Crippen molar-refractivity contribution in [2.24, 2.45) is 17.6 Å². The molecule has 11 nitrogen and oxygen atoms in total. The first-order valence-corrected chi connectivity index (χ1v) is 11.9. The highest BCUT2D eigenvalue weighted by molar-refractivity contribution is 5.94. The second-order valence-corrected chi connectivity index (χ2v) is 9.43. The summed E-state index contributed by atoms with van der Waals surface area (Å²) in [4.78, 5) is 57.5. The standard InChI is InChI=1S/C25H36N6O5/c1-14(2)20(26)23(33)31-21(15(3)4)24(34)29-18(11-17-12-27-13-28-17)22(32)30-19(25(35)36)10-16-8-6-5-7-9-16/h5-9,12-15,18-21H,10-11,26H2,1-4H3,(H,27,28)(H,29,34)(H,30,32)(H,31,33)(H,35,36). The Morgan fingerprint density at radius 2 is 1.53 bits per heavy atom. The first-order chi connectivity index (χ1) is 17.0. The number of aliphatic carboxylic acids is 1. The number of nitrogens with two attached hydrogens (primary N) is 1. The quantitative estimate of drug-likeness (QED) is 0.230. The van der Waals surface area contributed by atoms with Crippen molar-refractivity contribution in [1.29, 1.82) is 0 Å². The van der Waals surface area contributed by atoms with Crippen LogP contribution in [0.4, 0.5) is 0 Å². The van der Waals surface area contributed by atoms with E-state index >= 15 is 0 Å². The van der Waals surface area contributed by atoms with Gasteiger partial charge < -0.3 is 31.8 Å². The van der Waals surface area contributed by atoms with Crippen LogP contribution in [0.5, 0.6) is 0 Å². The number of aromatic nitrogens is 2. The molecule has 0 bridgehead atoms. The van der Waals surface area contributed by atoms with Crippen LogP contribution in [0.1, 0.15) is 39.0 Å². The molecule has 36 heavy (non-hydrogen) atoms. The van der Waals surface area contributed by atoms with Crippen LogP contribution in [0.25, 0.3) is 0 Å². The van der Waals surface area contributed by atoms with E-state index in [0.717, 1.165) is 5.56 Å². The molecule has 4 atom stereocenters. The highest BCUT2D eigenvalue weighted by atomic mass is 16.4. The van der Waals surface area contributed by atoms with E-state index in [2.05, 4.69) is 25.9 Å². The van der Waals surface area contributed by atoms with E-state index in [-0.39, 0.29) is 24.7 Å². The zero-order valence-corrected chi connectivity index (χ0v) is 21.0. The molecule has 1 aromatic carbocycles. The summed E-state index contributed by atoms with van der Waals surface area (Å²) in [5, 5.41) is 17.6. The number of amides is 3. The summed E-state index contributed by atoms with van der Waals surface area (Å²) in [5.74, 6) is -3.35.